The summed E-state index contributed by atoms with van der Waals surface area (Å²) in [6.45, 7) is 1.82. The highest BCUT2D eigenvalue weighted by Crippen LogP contribution is 2.27. The van der Waals surface area contributed by atoms with Gasteiger partial charge in [0.25, 0.3) is 5.91 Å². The van der Waals surface area contributed by atoms with Crippen LogP contribution in [0.15, 0.2) is 41.6 Å². The predicted molar refractivity (Wildman–Crippen MR) is 82.1 cm³/mol. The first-order valence-electron chi connectivity index (χ1n) is 6.39. The smallest absolute Gasteiger partial charge is 0.275 e. The van der Waals surface area contributed by atoms with Crippen LogP contribution in [0.4, 0.5) is 5.69 Å². The van der Waals surface area contributed by atoms with Crippen LogP contribution in [0.5, 0.6) is 0 Å². The van der Waals surface area contributed by atoms with Crippen molar-refractivity contribution in [2.24, 2.45) is 0 Å². The number of aryl methyl sites for hydroxylation is 1. The Hall–Kier alpha value is -2.39. The van der Waals surface area contributed by atoms with Gasteiger partial charge in [-0.25, -0.2) is 4.98 Å². The van der Waals surface area contributed by atoms with E-state index in [0.29, 0.717) is 17.9 Å². The molecule has 0 spiro atoms. The number of nitrogens with one attached hydrogen (secondary N) is 1. The first-order valence-corrected chi connectivity index (χ1v) is 7.38. The summed E-state index contributed by atoms with van der Waals surface area (Å²) in [6.07, 6.45) is 3.48. The fraction of sp³-hybridized carbons (Fsp3) is 0.200. The summed E-state index contributed by atoms with van der Waals surface area (Å²) in [4.78, 5) is 21.2. The molecule has 0 saturated heterocycles. The zero-order valence-electron chi connectivity index (χ0n) is 11.5. The SMILES string of the molecule is Cc1cnc(C(=O)Nc2ccccc2SCCC#N)cn1. The molecule has 0 atom stereocenters. The lowest BCUT2D eigenvalue weighted by atomic mass is 10.3. The van der Waals surface area contributed by atoms with Crippen molar-refractivity contribution in [2.75, 3.05) is 11.1 Å². The van der Waals surface area contributed by atoms with E-state index in [9.17, 15) is 4.79 Å². The van der Waals surface area contributed by atoms with Crippen molar-refractivity contribution in [1.82, 2.24) is 9.97 Å². The second-order valence-electron chi connectivity index (χ2n) is 4.25. The van der Waals surface area contributed by atoms with Crippen LogP contribution in [0.3, 0.4) is 0 Å². The van der Waals surface area contributed by atoms with Crippen molar-refractivity contribution in [1.29, 1.82) is 5.26 Å². The number of benzene rings is 1. The molecule has 106 valence electrons. The van der Waals surface area contributed by atoms with Gasteiger partial charge in [0.05, 0.1) is 23.6 Å². The molecule has 1 heterocycles. The third-order valence-electron chi connectivity index (χ3n) is 2.62. The molecule has 0 aliphatic heterocycles. The van der Waals surface area contributed by atoms with Crippen LogP contribution in [-0.2, 0) is 0 Å². The van der Waals surface area contributed by atoms with Crippen molar-refractivity contribution in [3.05, 3.63) is 48.0 Å². The van der Waals surface area contributed by atoms with Gasteiger partial charge in [0.1, 0.15) is 5.69 Å². The quantitative estimate of drug-likeness (QED) is 0.678. The van der Waals surface area contributed by atoms with Gasteiger partial charge in [-0.05, 0) is 19.1 Å². The monoisotopic (exact) mass is 298 g/mol. The standard InChI is InChI=1S/C15H14N4OS/c1-11-9-18-13(10-17-11)15(20)19-12-5-2-3-6-14(12)21-8-4-7-16/h2-3,5-6,9-10H,4,8H2,1H3,(H,19,20). The van der Waals surface area contributed by atoms with Crippen LogP contribution >= 0.6 is 11.8 Å². The largest absolute Gasteiger partial charge is 0.320 e. The Morgan fingerprint density at radius 2 is 2.14 bits per heavy atom. The Kier molecular flexibility index (Phi) is 5.29. The van der Waals surface area contributed by atoms with Crippen LogP contribution in [0.2, 0.25) is 0 Å². The Morgan fingerprint density at radius 1 is 1.33 bits per heavy atom. The zero-order valence-corrected chi connectivity index (χ0v) is 12.4. The van der Waals surface area contributed by atoms with E-state index in [4.69, 9.17) is 5.26 Å². The molecule has 0 bridgehead atoms. The number of amides is 1. The molecule has 1 N–H and O–H groups in total. The lowest BCUT2D eigenvalue weighted by Crippen LogP contribution is -2.14. The number of hydrogen-bond donors (Lipinski definition) is 1. The summed E-state index contributed by atoms with van der Waals surface area (Å²) >= 11 is 1.54. The van der Waals surface area contributed by atoms with E-state index in [1.807, 2.05) is 31.2 Å². The van der Waals surface area contributed by atoms with Crippen molar-refractivity contribution in [3.8, 4) is 6.07 Å². The Labute approximate surface area is 127 Å². The Balaban J connectivity index is 2.10. The molecular weight excluding hydrogens is 284 g/mol. The van der Waals surface area contributed by atoms with Crippen LogP contribution in [0.1, 0.15) is 22.6 Å². The summed E-state index contributed by atoms with van der Waals surface area (Å²) in [5, 5.41) is 11.4. The summed E-state index contributed by atoms with van der Waals surface area (Å²) in [5.41, 5.74) is 1.75. The molecule has 0 unspecified atom stereocenters. The Bertz CT molecular complexity index is 664. The number of nitrogens with zero attached hydrogens (tertiary/aromatic N) is 3. The normalized spacial score (nSPS) is 9.90. The number of anilines is 1. The minimum absolute atomic E-state index is 0.275. The number of rotatable bonds is 5. The van der Waals surface area contributed by atoms with E-state index in [1.54, 1.807) is 6.20 Å². The molecule has 2 aromatic rings. The minimum atomic E-state index is -0.296. The van der Waals surface area contributed by atoms with Gasteiger partial charge in [0, 0.05) is 23.3 Å². The number of para-hydroxylation sites is 1. The van der Waals surface area contributed by atoms with Crippen LogP contribution < -0.4 is 5.32 Å². The van der Waals surface area contributed by atoms with Crippen molar-refractivity contribution in [2.45, 2.75) is 18.2 Å². The number of aromatic nitrogens is 2. The van der Waals surface area contributed by atoms with E-state index >= 15 is 0 Å². The highest BCUT2D eigenvalue weighted by atomic mass is 32.2. The van der Waals surface area contributed by atoms with Crippen LogP contribution in [-0.4, -0.2) is 21.6 Å². The third kappa shape index (κ3) is 4.29. The van der Waals surface area contributed by atoms with Crippen molar-refractivity contribution in [3.63, 3.8) is 0 Å². The van der Waals surface area contributed by atoms with E-state index in [2.05, 4.69) is 21.4 Å². The zero-order chi connectivity index (χ0) is 15.1. The lowest BCUT2D eigenvalue weighted by molar-refractivity contribution is 0.102. The molecule has 5 nitrogen and oxygen atoms in total. The topological polar surface area (TPSA) is 78.7 Å². The van der Waals surface area contributed by atoms with Gasteiger partial charge in [-0.15, -0.1) is 11.8 Å². The predicted octanol–water partition coefficient (Wildman–Crippen LogP) is 3.04. The molecule has 0 aliphatic rings. The van der Waals surface area contributed by atoms with Gasteiger partial charge in [-0.2, -0.15) is 5.26 Å². The van der Waals surface area contributed by atoms with Gasteiger partial charge < -0.3 is 5.32 Å². The first-order chi connectivity index (χ1) is 10.2. The lowest BCUT2D eigenvalue weighted by Gasteiger charge is -2.09. The molecule has 2 rings (SSSR count). The maximum Gasteiger partial charge on any atom is 0.275 e. The fourth-order valence-electron chi connectivity index (χ4n) is 1.60. The molecule has 21 heavy (non-hydrogen) atoms. The highest BCUT2D eigenvalue weighted by Gasteiger charge is 2.10. The molecule has 0 fully saturated rings. The van der Waals surface area contributed by atoms with Gasteiger partial charge in [-0.1, -0.05) is 12.1 Å². The molecule has 1 aromatic carbocycles. The summed E-state index contributed by atoms with van der Waals surface area (Å²) < 4.78 is 0. The molecule has 0 aliphatic carbocycles. The number of carbonyl (C=O) groups is 1. The van der Waals surface area contributed by atoms with Gasteiger partial charge in [-0.3, -0.25) is 9.78 Å². The molecule has 0 radical (unpaired) electrons. The maximum absolute atomic E-state index is 12.1. The first kappa shape index (κ1) is 15.0. The number of thioether (sulfide) groups is 1. The van der Waals surface area contributed by atoms with E-state index < -0.39 is 0 Å². The molecule has 0 saturated carbocycles. The average Bonchev–Trinajstić information content (AvgIpc) is 2.50. The second-order valence-corrected chi connectivity index (χ2v) is 5.39. The van der Waals surface area contributed by atoms with Crippen molar-refractivity contribution < 1.29 is 4.79 Å². The molecular formula is C15H14N4OS. The van der Waals surface area contributed by atoms with E-state index in [0.717, 1.165) is 10.6 Å². The molecule has 1 aromatic heterocycles. The average molecular weight is 298 g/mol. The van der Waals surface area contributed by atoms with Gasteiger partial charge >= 0.3 is 0 Å². The third-order valence-corrected chi connectivity index (χ3v) is 3.70. The summed E-state index contributed by atoms with van der Waals surface area (Å²) in [5.74, 6) is 0.393. The summed E-state index contributed by atoms with van der Waals surface area (Å²) in [6, 6.07) is 9.60. The number of carbonyl (C=O) groups excluding carboxylic acids is 1. The van der Waals surface area contributed by atoms with Gasteiger partial charge in [0.2, 0.25) is 0 Å². The van der Waals surface area contributed by atoms with E-state index in [-0.39, 0.29) is 11.6 Å². The maximum atomic E-state index is 12.1. The number of hydrogen-bond acceptors (Lipinski definition) is 5. The molecule has 1 amide bonds. The Morgan fingerprint density at radius 3 is 2.86 bits per heavy atom. The fourth-order valence-corrected chi connectivity index (χ4v) is 2.46. The van der Waals surface area contributed by atoms with Crippen LogP contribution in [0, 0.1) is 18.3 Å². The molecule has 6 heteroatoms. The van der Waals surface area contributed by atoms with Gasteiger partial charge in [0.15, 0.2) is 0 Å². The van der Waals surface area contributed by atoms with Crippen LogP contribution in [0.25, 0.3) is 0 Å². The minimum Gasteiger partial charge on any atom is -0.320 e. The van der Waals surface area contributed by atoms with Crippen molar-refractivity contribution >= 4 is 23.4 Å². The number of nitriles is 1. The van der Waals surface area contributed by atoms with E-state index in [1.165, 1.54) is 18.0 Å². The second kappa shape index (κ2) is 7.41. The summed E-state index contributed by atoms with van der Waals surface area (Å²) in [7, 11) is 0. The highest BCUT2D eigenvalue weighted by molar-refractivity contribution is 7.99.